The lowest BCUT2D eigenvalue weighted by Gasteiger charge is -2.17. The van der Waals surface area contributed by atoms with Gasteiger partial charge in [0.05, 0.1) is 36.5 Å². The van der Waals surface area contributed by atoms with Crippen molar-refractivity contribution < 1.29 is 14.3 Å². The fraction of sp³-hybridized carbons (Fsp3) is 0.294. The number of aromatic nitrogens is 4. The van der Waals surface area contributed by atoms with Crippen molar-refractivity contribution in [3.63, 3.8) is 0 Å². The molecule has 0 aliphatic heterocycles. The molecule has 8 nitrogen and oxygen atoms in total. The van der Waals surface area contributed by atoms with E-state index in [2.05, 4.69) is 25.3 Å². The standard InChI is InChI=1S/C17H18ClN5O3S/c1-4-13(27-17-14-15(20-7-19-14)21-8-22-17)16(24)23-10-5-9(18)11(25-2)6-12(10)26-3/h5-8,13H,4H2,1-3H3,(H,23,24)(H,19,20,21,22). The summed E-state index contributed by atoms with van der Waals surface area (Å²) in [4.78, 5) is 28.3. The lowest BCUT2D eigenvalue weighted by atomic mass is 10.2. The third-order valence-electron chi connectivity index (χ3n) is 3.84. The summed E-state index contributed by atoms with van der Waals surface area (Å²) in [7, 11) is 3.03. The highest BCUT2D eigenvalue weighted by Crippen LogP contribution is 2.37. The maximum Gasteiger partial charge on any atom is 0.238 e. The van der Waals surface area contributed by atoms with Crippen molar-refractivity contribution in [1.29, 1.82) is 0 Å². The molecule has 0 saturated heterocycles. The highest BCUT2D eigenvalue weighted by atomic mass is 35.5. The van der Waals surface area contributed by atoms with E-state index in [1.54, 1.807) is 18.5 Å². The van der Waals surface area contributed by atoms with E-state index in [0.717, 1.165) is 0 Å². The van der Waals surface area contributed by atoms with Crippen LogP contribution in [0, 0.1) is 0 Å². The summed E-state index contributed by atoms with van der Waals surface area (Å²) in [5, 5.41) is 3.54. The summed E-state index contributed by atoms with van der Waals surface area (Å²) in [6.07, 6.45) is 3.58. The predicted molar refractivity (Wildman–Crippen MR) is 105 cm³/mol. The fourth-order valence-corrected chi connectivity index (χ4v) is 3.68. The van der Waals surface area contributed by atoms with Crippen molar-refractivity contribution >= 4 is 46.1 Å². The first-order valence-corrected chi connectivity index (χ1v) is 9.36. The number of halogens is 1. The van der Waals surface area contributed by atoms with Crippen LogP contribution in [-0.4, -0.2) is 45.3 Å². The Bertz CT molecular complexity index is 965. The molecule has 10 heteroatoms. The lowest BCUT2D eigenvalue weighted by Crippen LogP contribution is -2.25. The highest BCUT2D eigenvalue weighted by Gasteiger charge is 2.22. The molecule has 1 aromatic carbocycles. The molecular weight excluding hydrogens is 390 g/mol. The number of hydrogen-bond donors (Lipinski definition) is 2. The van der Waals surface area contributed by atoms with Crippen LogP contribution in [-0.2, 0) is 4.79 Å². The van der Waals surface area contributed by atoms with Gasteiger partial charge in [0, 0.05) is 6.07 Å². The molecule has 0 fully saturated rings. The number of nitrogens with zero attached hydrogens (tertiary/aromatic N) is 3. The number of amides is 1. The molecule has 1 atom stereocenters. The van der Waals surface area contributed by atoms with E-state index in [1.807, 2.05) is 6.92 Å². The quantitative estimate of drug-likeness (QED) is 0.456. The van der Waals surface area contributed by atoms with Crippen LogP contribution in [0.15, 0.2) is 29.8 Å². The molecule has 1 unspecified atom stereocenters. The number of ether oxygens (including phenoxy) is 2. The highest BCUT2D eigenvalue weighted by molar-refractivity contribution is 8.00. The summed E-state index contributed by atoms with van der Waals surface area (Å²) in [5.41, 5.74) is 1.74. The van der Waals surface area contributed by atoms with Crippen LogP contribution in [0.4, 0.5) is 5.69 Å². The molecule has 1 amide bonds. The minimum absolute atomic E-state index is 0.187. The molecular formula is C17H18ClN5O3S. The maximum absolute atomic E-state index is 12.8. The molecule has 2 aromatic heterocycles. The molecule has 2 N–H and O–H groups in total. The van der Waals surface area contributed by atoms with Crippen molar-refractivity contribution in [2.75, 3.05) is 19.5 Å². The molecule has 2 heterocycles. The zero-order valence-corrected chi connectivity index (χ0v) is 16.5. The van der Waals surface area contributed by atoms with E-state index in [1.165, 1.54) is 32.3 Å². The zero-order valence-electron chi connectivity index (χ0n) is 14.9. The van der Waals surface area contributed by atoms with Gasteiger partial charge in [-0.3, -0.25) is 4.79 Å². The number of hydrogen-bond acceptors (Lipinski definition) is 7. The SMILES string of the molecule is CCC(Sc1ncnc2nc[nH]c12)C(=O)Nc1cc(Cl)c(OC)cc1OC. The number of carbonyl (C=O) groups is 1. The Hall–Kier alpha value is -2.52. The normalized spacial score (nSPS) is 12.0. The number of H-pyrrole nitrogens is 1. The topological polar surface area (TPSA) is 102 Å². The first-order valence-electron chi connectivity index (χ1n) is 8.10. The number of benzene rings is 1. The van der Waals surface area contributed by atoms with E-state index in [4.69, 9.17) is 21.1 Å². The molecule has 0 aliphatic rings. The summed E-state index contributed by atoms with van der Waals surface area (Å²) in [6.45, 7) is 1.93. The van der Waals surface area contributed by atoms with Crippen molar-refractivity contribution in [2.45, 2.75) is 23.6 Å². The first-order chi connectivity index (χ1) is 13.1. The van der Waals surface area contributed by atoms with Gasteiger partial charge in [0.1, 0.15) is 28.4 Å². The third kappa shape index (κ3) is 4.09. The Labute approximate surface area is 165 Å². The largest absolute Gasteiger partial charge is 0.495 e. The van der Waals surface area contributed by atoms with Crippen LogP contribution in [0.3, 0.4) is 0 Å². The number of methoxy groups -OCH3 is 2. The number of fused-ring (bicyclic) bond motifs is 1. The third-order valence-corrected chi connectivity index (χ3v) is 5.50. The Morgan fingerprint density at radius 2 is 2.04 bits per heavy atom. The van der Waals surface area contributed by atoms with Gasteiger partial charge < -0.3 is 19.8 Å². The lowest BCUT2D eigenvalue weighted by molar-refractivity contribution is -0.115. The van der Waals surface area contributed by atoms with Crippen molar-refractivity contribution in [2.24, 2.45) is 0 Å². The van der Waals surface area contributed by atoms with Gasteiger partial charge in [-0.15, -0.1) is 0 Å². The summed E-state index contributed by atoms with van der Waals surface area (Å²) in [6, 6.07) is 3.23. The number of thioether (sulfide) groups is 1. The summed E-state index contributed by atoms with van der Waals surface area (Å²) >= 11 is 7.52. The number of imidazole rings is 1. The second kappa shape index (κ2) is 8.45. The molecule has 142 valence electrons. The van der Waals surface area contributed by atoms with Crippen LogP contribution in [0.2, 0.25) is 5.02 Å². The summed E-state index contributed by atoms with van der Waals surface area (Å²) < 4.78 is 10.5. The second-order valence-electron chi connectivity index (χ2n) is 5.47. The Morgan fingerprint density at radius 1 is 1.26 bits per heavy atom. The van der Waals surface area contributed by atoms with Gasteiger partial charge in [0.15, 0.2) is 5.65 Å². The molecule has 0 spiro atoms. The van der Waals surface area contributed by atoms with Crippen LogP contribution in [0.25, 0.3) is 11.2 Å². The molecule has 3 aromatic rings. The molecule has 27 heavy (non-hydrogen) atoms. The number of rotatable bonds is 7. The van der Waals surface area contributed by atoms with Gasteiger partial charge >= 0.3 is 0 Å². The average Bonchev–Trinajstić information content (AvgIpc) is 3.15. The number of anilines is 1. The average molecular weight is 408 g/mol. The first kappa shape index (κ1) is 19.2. The van der Waals surface area contributed by atoms with E-state index < -0.39 is 0 Å². The van der Waals surface area contributed by atoms with E-state index in [9.17, 15) is 4.79 Å². The van der Waals surface area contributed by atoms with Crippen molar-refractivity contribution in [1.82, 2.24) is 19.9 Å². The van der Waals surface area contributed by atoms with Gasteiger partial charge in [0.2, 0.25) is 5.91 Å². The van der Waals surface area contributed by atoms with Gasteiger partial charge in [-0.25, -0.2) is 15.0 Å². The van der Waals surface area contributed by atoms with E-state index >= 15 is 0 Å². The van der Waals surface area contributed by atoms with Crippen LogP contribution >= 0.6 is 23.4 Å². The Kier molecular flexibility index (Phi) is 6.02. The Balaban J connectivity index is 1.82. The Morgan fingerprint density at radius 3 is 2.74 bits per heavy atom. The fourth-order valence-electron chi connectivity index (χ4n) is 2.46. The number of nitrogens with one attached hydrogen (secondary N) is 2. The van der Waals surface area contributed by atoms with Crippen LogP contribution in [0.1, 0.15) is 13.3 Å². The second-order valence-corrected chi connectivity index (χ2v) is 7.07. The minimum atomic E-state index is -0.378. The summed E-state index contributed by atoms with van der Waals surface area (Å²) in [5.74, 6) is 0.742. The van der Waals surface area contributed by atoms with Crippen LogP contribution < -0.4 is 14.8 Å². The van der Waals surface area contributed by atoms with Gasteiger partial charge in [0.25, 0.3) is 0 Å². The molecule has 0 bridgehead atoms. The minimum Gasteiger partial charge on any atom is -0.495 e. The van der Waals surface area contributed by atoms with Gasteiger partial charge in [-0.1, -0.05) is 30.3 Å². The van der Waals surface area contributed by atoms with E-state index in [0.29, 0.717) is 44.8 Å². The van der Waals surface area contributed by atoms with Gasteiger partial charge in [-0.2, -0.15) is 0 Å². The number of carbonyl (C=O) groups excluding carboxylic acids is 1. The molecule has 0 saturated carbocycles. The van der Waals surface area contributed by atoms with Crippen LogP contribution in [0.5, 0.6) is 11.5 Å². The molecule has 0 aliphatic carbocycles. The van der Waals surface area contributed by atoms with E-state index in [-0.39, 0.29) is 11.2 Å². The van der Waals surface area contributed by atoms with Crippen molar-refractivity contribution in [3.8, 4) is 11.5 Å². The monoisotopic (exact) mass is 407 g/mol. The smallest absolute Gasteiger partial charge is 0.238 e. The van der Waals surface area contributed by atoms with Crippen molar-refractivity contribution in [3.05, 3.63) is 29.8 Å². The maximum atomic E-state index is 12.8. The molecule has 0 radical (unpaired) electrons. The number of aromatic amines is 1. The predicted octanol–water partition coefficient (Wildman–Crippen LogP) is 3.53. The zero-order chi connectivity index (χ0) is 19.4. The molecule has 3 rings (SSSR count). The van der Waals surface area contributed by atoms with Gasteiger partial charge in [-0.05, 0) is 12.5 Å².